The molecule has 2 N–H and O–H groups in total. The zero-order valence-electron chi connectivity index (χ0n) is 11.3. The minimum atomic E-state index is 0.258. The van der Waals surface area contributed by atoms with Crippen molar-refractivity contribution in [1.82, 2.24) is 14.7 Å². The van der Waals surface area contributed by atoms with E-state index in [1.165, 1.54) is 19.3 Å². The second-order valence-corrected chi connectivity index (χ2v) is 5.30. The van der Waals surface area contributed by atoms with Gasteiger partial charge in [0.2, 0.25) is 0 Å². The molecule has 0 radical (unpaired) electrons. The number of amides is 2. The summed E-state index contributed by atoms with van der Waals surface area (Å²) < 4.78 is 0. The number of nitrogens with two attached hydrogens (primary N) is 1. The average molecular weight is 254 g/mol. The van der Waals surface area contributed by atoms with Crippen LogP contribution in [0.1, 0.15) is 25.7 Å². The van der Waals surface area contributed by atoms with E-state index in [2.05, 4.69) is 4.90 Å². The van der Waals surface area contributed by atoms with Crippen molar-refractivity contribution in [3.05, 3.63) is 0 Å². The van der Waals surface area contributed by atoms with Crippen molar-refractivity contribution in [1.29, 1.82) is 0 Å². The Labute approximate surface area is 110 Å². The summed E-state index contributed by atoms with van der Waals surface area (Å²) in [6.45, 7) is 7.63. The number of unbranched alkanes of at least 4 members (excludes halogenated alkanes) is 1. The molecule has 0 aliphatic carbocycles. The maximum atomic E-state index is 12.2. The van der Waals surface area contributed by atoms with Crippen molar-refractivity contribution in [2.24, 2.45) is 5.73 Å². The third kappa shape index (κ3) is 3.59. The molecule has 2 aliphatic heterocycles. The van der Waals surface area contributed by atoms with Gasteiger partial charge in [-0.1, -0.05) is 0 Å². The largest absolute Gasteiger partial charge is 0.330 e. The number of likely N-dealkylation sites (tertiary alicyclic amines) is 1. The molecular weight excluding hydrogens is 228 g/mol. The second kappa shape index (κ2) is 6.95. The molecule has 0 spiro atoms. The van der Waals surface area contributed by atoms with Gasteiger partial charge in [-0.2, -0.15) is 0 Å². The summed E-state index contributed by atoms with van der Waals surface area (Å²) in [6, 6.07) is 0.258. The van der Waals surface area contributed by atoms with Gasteiger partial charge in [0.25, 0.3) is 0 Å². The van der Waals surface area contributed by atoms with Gasteiger partial charge in [0.05, 0.1) is 0 Å². The van der Waals surface area contributed by atoms with Crippen molar-refractivity contribution in [3.63, 3.8) is 0 Å². The molecule has 0 bridgehead atoms. The van der Waals surface area contributed by atoms with Gasteiger partial charge in [-0.3, -0.25) is 4.90 Å². The van der Waals surface area contributed by atoms with Gasteiger partial charge < -0.3 is 15.5 Å². The van der Waals surface area contributed by atoms with E-state index in [0.29, 0.717) is 0 Å². The van der Waals surface area contributed by atoms with E-state index < -0.39 is 0 Å². The molecule has 0 saturated carbocycles. The number of rotatable bonds is 4. The smallest absolute Gasteiger partial charge is 0.320 e. The van der Waals surface area contributed by atoms with Crippen molar-refractivity contribution < 1.29 is 4.79 Å². The summed E-state index contributed by atoms with van der Waals surface area (Å²) in [5.74, 6) is 0. The fourth-order valence-electron chi connectivity index (χ4n) is 2.75. The number of piperazine rings is 1. The van der Waals surface area contributed by atoms with E-state index >= 15 is 0 Å². The monoisotopic (exact) mass is 254 g/mol. The Morgan fingerprint density at radius 1 is 0.889 bits per heavy atom. The van der Waals surface area contributed by atoms with Crippen LogP contribution in [0.4, 0.5) is 4.79 Å². The predicted octanol–water partition coefficient (Wildman–Crippen LogP) is 0.559. The third-order valence-corrected chi connectivity index (χ3v) is 3.95. The molecule has 104 valence electrons. The van der Waals surface area contributed by atoms with Crippen LogP contribution in [0.5, 0.6) is 0 Å². The highest BCUT2D eigenvalue weighted by Crippen LogP contribution is 2.12. The van der Waals surface area contributed by atoms with Crippen LogP contribution < -0.4 is 5.73 Å². The Hall–Kier alpha value is -0.810. The number of urea groups is 1. The molecule has 2 heterocycles. The summed E-state index contributed by atoms with van der Waals surface area (Å²) in [4.78, 5) is 18.7. The first-order chi connectivity index (χ1) is 8.81. The summed E-state index contributed by atoms with van der Waals surface area (Å²) in [6.07, 6.45) is 4.62. The minimum Gasteiger partial charge on any atom is -0.330 e. The summed E-state index contributed by atoms with van der Waals surface area (Å²) >= 11 is 0. The standard InChI is InChI=1S/C13H26N4O/c14-5-1-2-6-15-9-11-17(12-10-15)13(18)16-7-3-4-8-16/h1-12,14H2. The van der Waals surface area contributed by atoms with E-state index in [-0.39, 0.29) is 6.03 Å². The number of carbonyl (C=O) groups excluding carboxylic acids is 1. The van der Waals surface area contributed by atoms with Crippen molar-refractivity contribution >= 4 is 6.03 Å². The van der Waals surface area contributed by atoms with Crippen LogP contribution in [-0.2, 0) is 0 Å². The van der Waals surface area contributed by atoms with Crippen LogP contribution in [0.25, 0.3) is 0 Å². The highest BCUT2D eigenvalue weighted by atomic mass is 16.2. The van der Waals surface area contributed by atoms with Gasteiger partial charge in [0, 0.05) is 39.3 Å². The first kappa shape index (κ1) is 13.6. The van der Waals surface area contributed by atoms with Crippen LogP contribution in [-0.4, -0.2) is 73.1 Å². The zero-order chi connectivity index (χ0) is 12.8. The highest BCUT2D eigenvalue weighted by molar-refractivity contribution is 5.74. The van der Waals surface area contributed by atoms with E-state index in [1.54, 1.807) is 0 Å². The SMILES string of the molecule is NCCCCN1CCN(C(=O)N2CCCC2)CC1. The third-order valence-electron chi connectivity index (χ3n) is 3.95. The molecule has 0 unspecified atom stereocenters. The highest BCUT2D eigenvalue weighted by Gasteiger charge is 2.26. The molecule has 2 saturated heterocycles. The predicted molar refractivity (Wildman–Crippen MR) is 72.5 cm³/mol. The van der Waals surface area contributed by atoms with Gasteiger partial charge >= 0.3 is 6.03 Å². The van der Waals surface area contributed by atoms with Gasteiger partial charge in [0.15, 0.2) is 0 Å². The van der Waals surface area contributed by atoms with Crippen molar-refractivity contribution in [2.75, 3.05) is 52.4 Å². The molecule has 2 aliphatic rings. The number of hydrogen-bond acceptors (Lipinski definition) is 3. The summed E-state index contributed by atoms with van der Waals surface area (Å²) in [7, 11) is 0. The normalized spacial score (nSPS) is 21.6. The quantitative estimate of drug-likeness (QED) is 0.746. The fraction of sp³-hybridized carbons (Fsp3) is 0.923. The van der Waals surface area contributed by atoms with E-state index in [9.17, 15) is 4.79 Å². The van der Waals surface area contributed by atoms with Crippen LogP contribution >= 0.6 is 0 Å². The summed E-state index contributed by atoms with van der Waals surface area (Å²) in [5, 5.41) is 0. The van der Waals surface area contributed by atoms with Crippen molar-refractivity contribution in [3.8, 4) is 0 Å². The van der Waals surface area contributed by atoms with Crippen LogP contribution in [0.3, 0.4) is 0 Å². The molecule has 2 rings (SSSR count). The lowest BCUT2D eigenvalue weighted by Crippen LogP contribution is -2.52. The second-order valence-electron chi connectivity index (χ2n) is 5.30. The Morgan fingerprint density at radius 3 is 2.11 bits per heavy atom. The molecule has 5 nitrogen and oxygen atoms in total. The summed E-state index contributed by atoms with van der Waals surface area (Å²) in [5.41, 5.74) is 5.50. The topological polar surface area (TPSA) is 52.8 Å². The fourth-order valence-corrected chi connectivity index (χ4v) is 2.75. The van der Waals surface area contributed by atoms with Crippen LogP contribution in [0, 0.1) is 0 Å². The van der Waals surface area contributed by atoms with Gasteiger partial charge in [-0.05, 0) is 38.8 Å². The molecule has 5 heteroatoms. The maximum Gasteiger partial charge on any atom is 0.320 e. The van der Waals surface area contributed by atoms with Crippen LogP contribution in [0.2, 0.25) is 0 Å². The lowest BCUT2D eigenvalue weighted by Gasteiger charge is -2.36. The first-order valence-electron chi connectivity index (χ1n) is 7.27. The van der Waals surface area contributed by atoms with E-state index in [0.717, 1.165) is 58.8 Å². The molecule has 0 aromatic heterocycles. The molecule has 0 aromatic rings. The van der Waals surface area contributed by atoms with Crippen LogP contribution in [0.15, 0.2) is 0 Å². The van der Waals surface area contributed by atoms with Gasteiger partial charge in [-0.15, -0.1) is 0 Å². The van der Waals surface area contributed by atoms with Gasteiger partial charge in [0.1, 0.15) is 0 Å². The number of nitrogens with zero attached hydrogens (tertiary/aromatic N) is 3. The zero-order valence-corrected chi connectivity index (χ0v) is 11.3. The lowest BCUT2D eigenvalue weighted by molar-refractivity contribution is 0.117. The molecule has 0 atom stereocenters. The van der Waals surface area contributed by atoms with E-state index in [1.807, 2.05) is 9.80 Å². The molecule has 2 amide bonds. The number of carbonyl (C=O) groups is 1. The molecule has 18 heavy (non-hydrogen) atoms. The molecular formula is C13H26N4O. The lowest BCUT2D eigenvalue weighted by atomic mass is 10.2. The maximum absolute atomic E-state index is 12.2. The minimum absolute atomic E-state index is 0.258. The van der Waals surface area contributed by atoms with Gasteiger partial charge in [-0.25, -0.2) is 4.79 Å². The Bertz CT molecular complexity index is 258. The average Bonchev–Trinajstić information content (AvgIpc) is 2.93. The number of hydrogen-bond donors (Lipinski definition) is 1. The Kier molecular flexibility index (Phi) is 5.26. The van der Waals surface area contributed by atoms with Crippen molar-refractivity contribution in [2.45, 2.75) is 25.7 Å². The Balaban J connectivity index is 1.67. The first-order valence-corrected chi connectivity index (χ1v) is 7.27. The van der Waals surface area contributed by atoms with E-state index in [4.69, 9.17) is 5.73 Å². The molecule has 2 fully saturated rings. The Morgan fingerprint density at radius 2 is 1.50 bits per heavy atom. The molecule has 0 aromatic carbocycles.